The number of nitrogens with one attached hydrogen (secondary N) is 1. The Hall–Kier alpha value is -1.63. The molecule has 5 heteroatoms. The largest absolute Gasteiger partial charge is 0.483 e. The van der Waals surface area contributed by atoms with Crippen molar-refractivity contribution in [2.45, 2.75) is 20.8 Å². The van der Waals surface area contributed by atoms with Crippen LogP contribution in [0.25, 0.3) is 0 Å². The smallest absolute Gasteiger partial charge is 0.263 e. The van der Waals surface area contributed by atoms with Crippen molar-refractivity contribution in [1.29, 1.82) is 0 Å². The van der Waals surface area contributed by atoms with Crippen molar-refractivity contribution in [3.8, 4) is 5.75 Å². The number of carbonyl (C=O) groups excluding carboxylic acids is 1. The van der Waals surface area contributed by atoms with Crippen molar-refractivity contribution in [1.82, 2.24) is 4.98 Å². The standard InChI is InChI=1S/C16H17IN2O2/c1-10-5-4-6-14(12(10)3)21-9-15(20)19-16-11(2)7-13(17)8-18-16/h4-8H,9H2,1-3H3,(H,18,19,20). The van der Waals surface area contributed by atoms with Gasteiger partial charge in [-0.2, -0.15) is 0 Å². The lowest BCUT2D eigenvalue weighted by molar-refractivity contribution is -0.118. The highest BCUT2D eigenvalue weighted by Crippen LogP contribution is 2.20. The average molecular weight is 396 g/mol. The summed E-state index contributed by atoms with van der Waals surface area (Å²) in [5, 5.41) is 2.76. The van der Waals surface area contributed by atoms with Crippen LogP contribution >= 0.6 is 22.6 Å². The van der Waals surface area contributed by atoms with E-state index in [1.807, 2.05) is 45.0 Å². The Labute approximate surface area is 138 Å². The van der Waals surface area contributed by atoms with Gasteiger partial charge in [0.25, 0.3) is 5.91 Å². The maximum Gasteiger partial charge on any atom is 0.263 e. The van der Waals surface area contributed by atoms with E-state index in [-0.39, 0.29) is 12.5 Å². The van der Waals surface area contributed by atoms with Gasteiger partial charge in [-0.25, -0.2) is 4.98 Å². The van der Waals surface area contributed by atoms with Crippen LogP contribution in [0, 0.1) is 24.3 Å². The zero-order valence-corrected chi connectivity index (χ0v) is 14.4. The fourth-order valence-corrected chi connectivity index (χ4v) is 2.47. The number of benzene rings is 1. The van der Waals surface area contributed by atoms with Crippen LogP contribution in [0.3, 0.4) is 0 Å². The van der Waals surface area contributed by atoms with E-state index in [4.69, 9.17) is 4.74 Å². The van der Waals surface area contributed by atoms with E-state index >= 15 is 0 Å². The molecule has 0 aliphatic rings. The van der Waals surface area contributed by atoms with Gasteiger partial charge < -0.3 is 10.1 Å². The monoisotopic (exact) mass is 396 g/mol. The van der Waals surface area contributed by atoms with Crippen LogP contribution in [0.4, 0.5) is 5.82 Å². The van der Waals surface area contributed by atoms with Crippen LogP contribution in [0.15, 0.2) is 30.5 Å². The number of hydrogen-bond acceptors (Lipinski definition) is 3. The van der Waals surface area contributed by atoms with Gasteiger partial charge in [-0.3, -0.25) is 4.79 Å². The molecule has 0 bridgehead atoms. The van der Waals surface area contributed by atoms with Gasteiger partial charge in [-0.1, -0.05) is 12.1 Å². The molecule has 4 nitrogen and oxygen atoms in total. The second-order valence-corrected chi connectivity index (χ2v) is 6.10. The number of ether oxygens (including phenoxy) is 1. The number of aryl methyl sites for hydroxylation is 2. The average Bonchev–Trinajstić information content (AvgIpc) is 2.43. The third-order valence-corrected chi connectivity index (χ3v) is 3.81. The molecule has 1 amide bonds. The van der Waals surface area contributed by atoms with Gasteiger partial charge in [0.1, 0.15) is 11.6 Å². The topological polar surface area (TPSA) is 51.2 Å². The number of rotatable bonds is 4. The Morgan fingerprint density at radius 3 is 2.76 bits per heavy atom. The molecule has 21 heavy (non-hydrogen) atoms. The van der Waals surface area contributed by atoms with Crippen LogP contribution in [0.1, 0.15) is 16.7 Å². The van der Waals surface area contributed by atoms with Crippen molar-refractivity contribution in [3.63, 3.8) is 0 Å². The zero-order chi connectivity index (χ0) is 15.4. The van der Waals surface area contributed by atoms with Crippen molar-refractivity contribution in [2.24, 2.45) is 0 Å². The summed E-state index contributed by atoms with van der Waals surface area (Å²) in [6, 6.07) is 7.76. The molecule has 1 aromatic carbocycles. The number of amides is 1. The molecule has 1 heterocycles. The molecule has 2 aromatic rings. The lowest BCUT2D eigenvalue weighted by Gasteiger charge is -2.11. The van der Waals surface area contributed by atoms with Crippen LogP contribution in [-0.4, -0.2) is 17.5 Å². The van der Waals surface area contributed by atoms with Crippen molar-refractivity contribution >= 4 is 34.3 Å². The maximum absolute atomic E-state index is 11.9. The first-order chi connectivity index (χ1) is 9.97. The first kappa shape index (κ1) is 15.8. The first-order valence-corrected chi connectivity index (χ1v) is 7.66. The normalized spacial score (nSPS) is 10.3. The van der Waals surface area contributed by atoms with Gasteiger partial charge >= 0.3 is 0 Å². The third kappa shape index (κ3) is 4.17. The number of carbonyl (C=O) groups is 1. The highest BCUT2D eigenvalue weighted by molar-refractivity contribution is 14.1. The van der Waals surface area contributed by atoms with Crippen molar-refractivity contribution < 1.29 is 9.53 Å². The van der Waals surface area contributed by atoms with Crippen LogP contribution in [0.5, 0.6) is 5.75 Å². The highest BCUT2D eigenvalue weighted by atomic mass is 127. The molecule has 1 aromatic heterocycles. The summed E-state index contributed by atoms with van der Waals surface area (Å²) in [4.78, 5) is 16.2. The molecule has 0 aliphatic carbocycles. The fraction of sp³-hybridized carbons (Fsp3) is 0.250. The number of pyridine rings is 1. The lowest BCUT2D eigenvalue weighted by Crippen LogP contribution is -2.21. The van der Waals surface area contributed by atoms with E-state index in [1.54, 1.807) is 6.20 Å². The van der Waals surface area contributed by atoms with Crippen LogP contribution in [0.2, 0.25) is 0 Å². The minimum atomic E-state index is -0.215. The molecule has 1 N–H and O–H groups in total. The summed E-state index contributed by atoms with van der Waals surface area (Å²) in [7, 11) is 0. The van der Waals surface area contributed by atoms with E-state index in [9.17, 15) is 4.79 Å². The van der Waals surface area contributed by atoms with Gasteiger partial charge in [0.15, 0.2) is 6.61 Å². The predicted octanol–water partition coefficient (Wildman–Crippen LogP) is 3.63. The molecular weight excluding hydrogens is 379 g/mol. The quantitative estimate of drug-likeness (QED) is 0.804. The minimum Gasteiger partial charge on any atom is -0.483 e. The second-order valence-electron chi connectivity index (χ2n) is 4.85. The Kier molecular flexibility index (Phi) is 5.17. The summed E-state index contributed by atoms with van der Waals surface area (Å²) in [5.41, 5.74) is 3.12. The molecule has 0 atom stereocenters. The molecule has 2 rings (SSSR count). The van der Waals surface area contributed by atoms with E-state index in [0.29, 0.717) is 5.82 Å². The molecule has 0 spiro atoms. The van der Waals surface area contributed by atoms with E-state index in [0.717, 1.165) is 26.0 Å². The summed E-state index contributed by atoms with van der Waals surface area (Å²) in [5.74, 6) is 1.09. The molecular formula is C16H17IN2O2. The molecule has 110 valence electrons. The SMILES string of the molecule is Cc1cc(I)cnc1NC(=O)COc1cccc(C)c1C. The minimum absolute atomic E-state index is 0.0304. The summed E-state index contributed by atoms with van der Waals surface area (Å²) >= 11 is 2.19. The Bertz CT molecular complexity index is 671. The fourth-order valence-electron chi connectivity index (χ4n) is 1.86. The molecule has 0 saturated heterocycles. The predicted molar refractivity (Wildman–Crippen MR) is 91.7 cm³/mol. The van der Waals surface area contributed by atoms with Crippen LogP contribution in [-0.2, 0) is 4.79 Å². The Morgan fingerprint density at radius 2 is 2.05 bits per heavy atom. The van der Waals surface area contributed by atoms with E-state index in [2.05, 4.69) is 32.9 Å². The van der Waals surface area contributed by atoms with Gasteiger partial charge in [-0.15, -0.1) is 0 Å². The number of halogens is 1. The van der Waals surface area contributed by atoms with Crippen molar-refractivity contribution in [3.05, 3.63) is 50.7 Å². The Morgan fingerprint density at radius 1 is 1.29 bits per heavy atom. The van der Waals surface area contributed by atoms with Crippen molar-refractivity contribution in [2.75, 3.05) is 11.9 Å². The maximum atomic E-state index is 11.9. The summed E-state index contributed by atoms with van der Waals surface area (Å²) in [6.45, 7) is 5.88. The third-order valence-electron chi connectivity index (χ3n) is 3.22. The number of nitrogens with zero attached hydrogens (tertiary/aromatic N) is 1. The molecule has 0 unspecified atom stereocenters. The first-order valence-electron chi connectivity index (χ1n) is 6.58. The number of aromatic nitrogens is 1. The molecule has 0 fully saturated rings. The lowest BCUT2D eigenvalue weighted by atomic mass is 10.1. The summed E-state index contributed by atoms with van der Waals surface area (Å²) < 4.78 is 6.61. The van der Waals surface area contributed by atoms with Gasteiger partial charge in [-0.05, 0) is 72.2 Å². The Balaban J connectivity index is 1.97. The molecule has 0 aliphatic heterocycles. The van der Waals surface area contributed by atoms with E-state index < -0.39 is 0 Å². The second kappa shape index (κ2) is 6.89. The summed E-state index contributed by atoms with van der Waals surface area (Å²) in [6.07, 6.45) is 1.72. The molecule has 0 saturated carbocycles. The van der Waals surface area contributed by atoms with Crippen LogP contribution < -0.4 is 10.1 Å². The molecule has 0 radical (unpaired) electrons. The van der Waals surface area contributed by atoms with Gasteiger partial charge in [0, 0.05) is 9.77 Å². The van der Waals surface area contributed by atoms with Gasteiger partial charge in [0.2, 0.25) is 0 Å². The zero-order valence-electron chi connectivity index (χ0n) is 12.2. The highest BCUT2D eigenvalue weighted by Gasteiger charge is 2.09. The van der Waals surface area contributed by atoms with E-state index in [1.165, 1.54) is 0 Å². The number of hydrogen-bond donors (Lipinski definition) is 1. The van der Waals surface area contributed by atoms with Gasteiger partial charge in [0.05, 0.1) is 0 Å². The number of anilines is 1.